The molecule has 3 rings (SSSR count). The molecule has 0 unspecified atom stereocenters. The molecule has 0 spiro atoms. The Morgan fingerprint density at radius 3 is 2.84 bits per heavy atom. The highest BCUT2D eigenvalue weighted by Crippen LogP contribution is 2.28. The third-order valence-corrected chi connectivity index (χ3v) is 4.48. The number of nitrogens with zero attached hydrogens (tertiary/aromatic N) is 3. The number of nitrogens with one attached hydrogen (secondary N) is 1. The molecule has 0 radical (unpaired) electrons. The van der Waals surface area contributed by atoms with Crippen LogP contribution >= 0.6 is 11.6 Å². The van der Waals surface area contributed by atoms with E-state index in [1.165, 1.54) is 0 Å². The number of aromatic nitrogens is 2. The normalized spacial score (nSPS) is 15.9. The number of halogens is 1. The molecule has 1 aromatic heterocycles. The van der Waals surface area contributed by atoms with Crippen molar-refractivity contribution in [1.29, 1.82) is 0 Å². The highest BCUT2D eigenvalue weighted by molar-refractivity contribution is 6.28. The lowest BCUT2D eigenvalue weighted by atomic mass is 10.0. The summed E-state index contributed by atoms with van der Waals surface area (Å²) in [6, 6.07) is 7.80. The number of phenols is 1. The van der Waals surface area contributed by atoms with Gasteiger partial charge >= 0.3 is 0 Å². The van der Waals surface area contributed by atoms with Gasteiger partial charge in [-0.25, -0.2) is 9.97 Å². The number of ether oxygens (including phenoxy) is 1. The molecule has 2 aromatic rings. The molecule has 25 heavy (non-hydrogen) atoms. The van der Waals surface area contributed by atoms with Crippen molar-refractivity contribution < 1.29 is 9.84 Å². The maximum Gasteiger partial charge on any atom is 0.224 e. The first-order valence-electron chi connectivity index (χ1n) is 8.56. The van der Waals surface area contributed by atoms with Gasteiger partial charge in [0.25, 0.3) is 0 Å². The van der Waals surface area contributed by atoms with Crippen LogP contribution < -0.4 is 10.1 Å². The number of aromatic hydroxyl groups is 1. The third-order valence-electron chi connectivity index (χ3n) is 4.30. The first-order valence-corrected chi connectivity index (χ1v) is 8.94. The SMILES string of the molecule is CCOc1cc(CN2CCC(Nc3ccnc(Cl)n3)CC2)ccc1O. The highest BCUT2D eigenvalue weighted by atomic mass is 35.5. The first kappa shape index (κ1) is 17.8. The van der Waals surface area contributed by atoms with Crippen LogP contribution in [0.15, 0.2) is 30.5 Å². The standard InChI is InChI=1S/C18H23ClN4O2/c1-2-25-16-11-13(3-4-15(16)24)12-23-9-6-14(7-10-23)21-17-5-8-20-18(19)22-17/h3-5,8,11,14,24H,2,6-7,9-10,12H2,1H3,(H,20,21,22). The number of hydrogen-bond donors (Lipinski definition) is 2. The van der Waals surface area contributed by atoms with Gasteiger partial charge in [0.1, 0.15) is 5.82 Å². The lowest BCUT2D eigenvalue weighted by molar-refractivity contribution is 0.210. The van der Waals surface area contributed by atoms with Gasteiger partial charge in [0, 0.05) is 31.9 Å². The second-order valence-electron chi connectivity index (χ2n) is 6.14. The third kappa shape index (κ3) is 4.96. The first-order chi connectivity index (χ1) is 12.1. The Bertz CT molecular complexity index is 705. The fraction of sp³-hybridized carbons (Fsp3) is 0.444. The number of benzene rings is 1. The number of rotatable bonds is 6. The van der Waals surface area contributed by atoms with E-state index in [-0.39, 0.29) is 11.0 Å². The molecule has 0 atom stereocenters. The summed E-state index contributed by atoms with van der Waals surface area (Å²) in [5.41, 5.74) is 1.15. The molecule has 2 N–H and O–H groups in total. The quantitative estimate of drug-likeness (QED) is 0.768. The zero-order chi connectivity index (χ0) is 17.6. The summed E-state index contributed by atoms with van der Waals surface area (Å²) in [5, 5.41) is 13.5. The maximum atomic E-state index is 9.80. The summed E-state index contributed by atoms with van der Waals surface area (Å²) in [6.07, 6.45) is 3.74. The molecule has 1 aliphatic heterocycles. The predicted molar refractivity (Wildman–Crippen MR) is 98.2 cm³/mol. The van der Waals surface area contributed by atoms with Crippen molar-refractivity contribution in [3.8, 4) is 11.5 Å². The molecular weight excluding hydrogens is 340 g/mol. The van der Waals surface area contributed by atoms with Gasteiger partial charge in [-0.05, 0) is 55.1 Å². The monoisotopic (exact) mass is 362 g/mol. The Kier molecular flexibility index (Phi) is 5.94. The fourth-order valence-electron chi connectivity index (χ4n) is 3.05. The Balaban J connectivity index is 1.51. The number of phenolic OH excluding ortho intramolecular Hbond substituents is 1. The van der Waals surface area contributed by atoms with E-state index in [1.807, 2.05) is 25.1 Å². The summed E-state index contributed by atoms with van der Waals surface area (Å²) in [7, 11) is 0. The molecule has 1 saturated heterocycles. The van der Waals surface area contributed by atoms with Crippen molar-refractivity contribution >= 4 is 17.4 Å². The maximum absolute atomic E-state index is 9.80. The molecular formula is C18H23ClN4O2. The molecule has 1 aromatic carbocycles. The number of likely N-dealkylation sites (tertiary alicyclic amines) is 1. The molecule has 0 amide bonds. The van der Waals surface area contributed by atoms with E-state index in [0.29, 0.717) is 18.4 Å². The van der Waals surface area contributed by atoms with E-state index in [0.717, 1.165) is 43.9 Å². The van der Waals surface area contributed by atoms with Crippen LogP contribution in [-0.4, -0.2) is 45.7 Å². The van der Waals surface area contributed by atoms with Crippen molar-refractivity contribution in [1.82, 2.24) is 14.9 Å². The summed E-state index contributed by atoms with van der Waals surface area (Å²) in [4.78, 5) is 10.5. The van der Waals surface area contributed by atoms with Gasteiger partial charge < -0.3 is 15.2 Å². The van der Waals surface area contributed by atoms with Gasteiger partial charge in [0.2, 0.25) is 5.28 Å². The zero-order valence-corrected chi connectivity index (χ0v) is 15.0. The second-order valence-corrected chi connectivity index (χ2v) is 6.48. The van der Waals surface area contributed by atoms with Crippen LogP contribution in [0.1, 0.15) is 25.3 Å². The largest absolute Gasteiger partial charge is 0.504 e. The molecule has 134 valence electrons. The lowest BCUT2D eigenvalue weighted by Gasteiger charge is -2.32. The zero-order valence-electron chi connectivity index (χ0n) is 14.3. The lowest BCUT2D eigenvalue weighted by Crippen LogP contribution is -2.38. The Hall–Kier alpha value is -2.05. The van der Waals surface area contributed by atoms with Crippen LogP contribution in [0.3, 0.4) is 0 Å². The molecule has 6 nitrogen and oxygen atoms in total. The summed E-state index contributed by atoms with van der Waals surface area (Å²) < 4.78 is 5.46. The van der Waals surface area contributed by atoms with Crippen molar-refractivity contribution in [2.75, 3.05) is 25.0 Å². The Morgan fingerprint density at radius 2 is 2.12 bits per heavy atom. The van der Waals surface area contributed by atoms with Crippen LogP contribution in [0.25, 0.3) is 0 Å². The van der Waals surface area contributed by atoms with Crippen LogP contribution in [0.5, 0.6) is 11.5 Å². The fourth-order valence-corrected chi connectivity index (χ4v) is 3.19. The number of hydrogen-bond acceptors (Lipinski definition) is 6. The van der Waals surface area contributed by atoms with Crippen LogP contribution in [-0.2, 0) is 6.54 Å². The van der Waals surface area contributed by atoms with E-state index >= 15 is 0 Å². The van der Waals surface area contributed by atoms with Gasteiger partial charge in [0.05, 0.1) is 6.61 Å². The van der Waals surface area contributed by atoms with E-state index in [1.54, 1.807) is 12.3 Å². The van der Waals surface area contributed by atoms with Crippen LogP contribution in [0, 0.1) is 0 Å². The minimum Gasteiger partial charge on any atom is -0.504 e. The molecule has 0 aliphatic carbocycles. The molecule has 7 heteroatoms. The topological polar surface area (TPSA) is 70.5 Å². The average Bonchev–Trinajstić information content (AvgIpc) is 2.60. The van der Waals surface area contributed by atoms with E-state index in [4.69, 9.17) is 16.3 Å². The number of anilines is 1. The van der Waals surface area contributed by atoms with Gasteiger partial charge in [0.15, 0.2) is 11.5 Å². The smallest absolute Gasteiger partial charge is 0.224 e. The van der Waals surface area contributed by atoms with E-state index in [2.05, 4.69) is 20.2 Å². The minimum absolute atomic E-state index is 0.192. The van der Waals surface area contributed by atoms with Crippen molar-refractivity contribution in [2.24, 2.45) is 0 Å². The number of piperidine rings is 1. The molecule has 0 bridgehead atoms. The summed E-state index contributed by atoms with van der Waals surface area (Å²) in [5.74, 6) is 1.52. The summed E-state index contributed by atoms with van der Waals surface area (Å²) in [6.45, 7) is 5.31. The average molecular weight is 363 g/mol. The van der Waals surface area contributed by atoms with Gasteiger partial charge in [-0.15, -0.1) is 0 Å². The Labute approximate surface area is 152 Å². The van der Waals surface area contributed by atoms with E-state index in [9.17, 15) is 5.11 Å². The minimum atomic E-state index is 0.192. The van der Waals surface area contributed by atoms with E-state index < -0.39 is 0 Å². The second kappa shape index (κ2) is 8.36. The highest BCUT2D eigenvalue weighted by Gasteiger charge is 2.20. The van der Waals surface area contributed by atoms with Gasteiger partial charge in [-0.1, -0.05) is 6.07 Å². The van der Waals surface area contributed by atoms with Crippen molar-refractivity contribution in [2.45, 2.75) is 32.4 Å². The molecule has 1 aliphatic rings. The molecule has 0 saturated carbocycles. The van der Waals surface area contributed by atoms with Gasteiger partial charge in [-0.2, -0.15) is 0 Å². The Morgan fingerprint density at radius 1 is 1.32 bits per heavy atom. The molecule has 1 fully saturated rings. The van der Waals surface area contributed by atoms with Crippen molar-refractivity contribution in [3.05, 3.63) is 41.3 Å². The van der Waals surface area contributed by atoms with Crippen LogP contribution in [0.2, 0.25) is 5.28 Å². The van der Waals surface area contributed by atoms with Crippen molar-refractivity contribution in [3.63, 3.8) is 0 Å². The molecule has 2 heterocycles. The summed E-state index contributed by atoms with van der Waals surface area (Å²) >= 11 is 5.82. The van der Waals surface area contributed by atoms with Crippen LogP contribution in [0.4, 0.5) is 5.82 Å². The predicted octanol–water partition coefficient (Wildman–Crippen LogP) is 3.31. The van der Waals surface area contributed by atoms with Gasteiger partial charge in [-0.3, -0.25) is 4.90 Å².